The Bertz CT molecular complexity index is 534. The molecule has 0 spiro atoms. The van der Waals surface area contributed by atoms with Crippen molar-refractivity contribution in [2.45, 2.75) is 45.4 Å². The zero-order valence-electron chi connectivity index (χ0n) is 11.2. The molecule has 3 N–H and O–H groups in total. The fraction of sp³-hybridized carbons (Fsp3) is 0.571. The molecule has 0 bridgehead atoms. The lowest BCUT2D eigenvalue weighted by Gasteiger charge is -2.18. The van der Waals surface area contributed by atoms with Gasteiger partial charge in [-0.1, -0.05) is 13.3 Å². The van der Waals surface area contributed by atoms with Gasteiger partial charge in [-0.15, -0.1) is 0 Å². The maximum atomic E-state index is 12.0. The second-order valence-electron chi connectivity index (χ2n) is 4.95. The van der Waals surface area contributed by atoms with Gasteiger partial charge < -0.3 is 15.4 Å². The first-order valence-corrected chi connectivity index (χ1v) is 6.90. The van der Waals surface area contributed by atoms with Gasteiger partial charge in [0, 0.05) is 17.8 Å². The molecule has 1 amide bonds. The third kappa shape index (κ3) is 2.80. The number of aromatic hydroxyl groups is 1. The van der Waals surface area contributed by atoms with E-state index in [1.165, 1.54) is 0 Å². The van der Waals surface area contributed by atoms with Crippen LogP contribution in [0.15, 0.2) is 4.79 Å². The molecule has 1 aliphatic carbocycles. The first-order valence-electron chi connectivity index (χ1n) is 6.90. The minimum Gasteiger partial charge on any atom is -0.507 e. The lowest BCUT2D eigenvalue weighted by atomic mass is 9.93. The minimum absolute atomic E-state index is 0.132. The predicted octanol–water partition coefficient (Wildman–Crippen LogP) is 1.49. The van der Waals surface area contributed by atoms with Crippen LogP contribution in [-0.4, -0.2) is 22.5 Å². The van der Waals surface area contributed by atoms with Crippen LogP contribution in [0.2, 0.25) is 0 Å². The molecule has 1 aliphatic rings. The highest BCUT2D eigenvalue weighted by atomic mass is 16.3. The number of carbonyl (C=O) groups excluding carboxylic acids is 1. The van der Waals surface area contributed by atoms with E-state index in [2.05, 4.69) is 10.3 Å². The average molecular weight is 264 g/mol. The van der Waals surface area contributed by atoms with Crippen LogP contribution in [-0.2, 0) is 12.8 Å². The first kappa shape index (κ1) is 13.6. The number of carbonyl (C=O) groups is 1. The van der Waals surface area contributed by atoms with Crippen LogP contribution in [0, 0.1) is 0 Å². The summed E-state index contributed by atoms with van der Waals surface area (Å²) in [5.74, 6) is -0.618. The van der Waals surface area contributed by atoms with Gasteiger partial charge in [0.2, 0.25) is 0 Å². The Labute approximate surface area is 112 Å². The summed E-state index contributed by atoms with van der Waals surface area (Å²) in [6, 6.07) is 0. The van der Waals surface area contributed by atoms with Crippen molar-refractivity contribution in [1.82, 2.24) is 10.3 Å². The molecular formula is C14H20N2O3. The molecule has 5 nitrogen and oxygen atoms in total. The van der Waals surface area contributed by atoms with Crippen LogP contribution in [0.25, 0.3) is 0 Å². The number of H-pyrrole nitrogens is 1. The van der Waals surface area contributed by atoms with E-state index in [9.17, 15) is 14.7 Å². The number of aromatic amines is 1. The molecule has 104 valence electrons. The highest BCUT2D eigenvalue weighted by Crippen LogP contribution is 2.28. The highest BCUT2D eigenvalue weighted by molar-refractivity contribution is 5.96. The van der Waals surface area contributed by atoms with Crippen molar-refractivity contribution in [2.75, 3.05) is 6.54 Å². The van der Waals surface area contributed by atoms with Crippen molar-refractivity contribution in [1.29, 1.82) is 0 Å². The second kappa shape index (κ2) is 5.91. The van der Waals surface area contributed by atoms with E-state index in [1.807, 2.05) is 6.92 Å². The van der Waals surface area contributed by atoms with E-state index in [4.69, 9.17) is 0 Å². The van der Waals surface area contributed by atoms with Gasteiger partial charge in [0.15, 0.2) is 0 Å². The summed E-state index contributed by atoms with van der Waals surface area (Å²) in [4.78, 5) is 26.6. The van der Waals surface area contributed by atoms with Gasteiger partial charge >= 0.3 is 0 Å². The zero-order chi connectivity index (χ0) is 13.8. The van der Waals surface area contributed by atoms with E-state index in [-0.39, 0.29) is 11.3 Å². The third-order valence-corrected chi connectivity index (χ3v) is 3.52. The Hall–Kier alpha value is -1.78. The van der Waals surface area contributed by atoms with Crippen LogP contribution < -0.4 is 10.9 Å². The summed E-state index contributed by atoms with van der Waals surface area (Å²) < 4.78 is 0. The summed E-state index contributed by atoms with van der Waals surface area (Å²) in [5, 5.41) is 12.8. The molecule has 0 fully saturated rings. The van der Waals surface area contributed by atoms with Crippen molar-refractivity contribution in [3.8, 4) is 5.75 Å². The summed E-state index contributed by atoms with van der Waals surface area (Å²) in [6.45, 7) is 2.54. The van der Waals surface area contributed by atoms with Crippen molar-refractivity contribution in [3.63, 3.8) is 0 Å². The molecule has 1 aromatic rings. The second-order valence-corrected chi connectivity index (χ2v) is 4.95. The van der Waals surface area contributed by atoms with Crippen molar-refractivity contribution in [3.05, 3.63) is 27.2 Å². The molecule has 1 aromatic heterocycles. The maximum absolute atomic E-state index is 12.0. The van der Waals surface area contributed by atoms with Gasteiger partial charge in [0.25, 0.3) is 11.5 Å². The van der Waals surface area contributed by atoms with E-state index >= 15 is 0 Å². The number of nitrogens with one attached hydrogen (secondary N) is 2. The van der Waals surface area contributed by atoms with Crippen LogP contribution >= 0.6 is 0 Å². The van der Waals surface area contributed by atoms with Crippen LogP contribution in [0.5, 0.6) is 5.75 Å². The number of pyridine rings is 1. The molecule has 0 aliphatic heterocycles. The molecule has 19 heavy (non-hydrogen) atoms. The van der Waals surface area contributed by atoms with Crippen molar-refractivity contribution >= 4 is 5.91 Å². The van der Waals surface area contributed by atoms with Gasteiger partial charge in [0.1, 0.15) is 11.3 Å². The fourth-order valence-electron chi connectivity index (χ4n) is 2.44. The fourth-order valence-corrected chi connectivity index (χ4v) is 2.44. The molecular weight excluding hydrogens is 244 g/mol. The maximum Gasteiger partial charge on any atom is 0.264 e. The molecule has 0 aromatic carbocycles. The zero-order valence-corrected chi connectivity index (χ0v) is 11.2. The molecule has 0 saturated heterocycles. The number of amides is 1. The Kier molecular flexibility index (Phi) is 4.24. The molecule has 0 unspecified atom stereocenters. The lowest BCUT2D eigenvalue weighted by Crippen LogP contribution is -2.32. The topological polar surface area (TPSA) is 82.2 Å². The predicted molar refractivity (Wildman–Crippen MR) is 72.6 cm³/mol. The number of aromatic nitrogens is 1. The average Bonchev–Trinajstić information content (AvgIpc) is 2.39. The molecule has 0 radical (unpaired) electrons. The lowest BCUT2D eigenvalue weighted by molar-refractivity contribution is 0.0948. The van der Waals surface area contributed by atoms with Crippen LogP contribution in [0.4, 0.5) is 0 Å². The van der Waals surface area contributed by atoms with Crippen LogP contribution in [0.1, 0.15) is 54.2 Å². The van der Waals surface area contributed by atoms with Crippen LogP contribution in [0.3, 0.4) is 0 Å². The standard InChI is InChI=1S/C14H20N2O3/c1-2-3-8-15-13(18)11-12(17)9-6-4-5-7-10(9)16-14(11)19/h2-8H2,1H3,(H,15,18)(H2,16,17,19). The Balaban J connectivity index is 2.30. The summed E-state index contributed by atoms with van der Waals surface area (Å²) in [6.07, 6.45) is 5.28. The minimum atomic E-state index is -0.493. The SMILES string of the molecule is CCCCNC(=O)c1c(O)c2c([nH]c1=O)CCCC2. The number of hydrogen-bond donors (Lipinski definition) is 3. The summed E-state index contributed by atoms with van der Waals surface area (Å²) in [7, 11) is 0. The van der Waals surface area contributed by atoms with Gasteiger partial charge in [-0.05, 0) is 32.1 Å². The first-order chi connectivity index (χ1) is 9.15. The molecule has 0 saturated carbocycles. The quantitative estimate of drug-likeness (QED) is 0.720. The van der Waals surface area contributed by atoms with E-state index in [0.717, 1.165) is 43.4 Å². The Morgan fingerprint density at radius 2 is 2.11 bits per heavy atom. The number of unbranched alkanes of at least 4 members (excludes halogenated alkanes) is 1. The Morgan fingerprint density at radius 3 is 2.84 bits per heavy atom. The largest absolute Gasteiger partial charge is 0.507 e. The third-order valence-electron chi connectivity index (χ3n) is 3.52. The molecule has 0 atom stereocenters. The van der Waals surface area contributed by atoms with Crippen molar-refractivity contribution in [2.24, 2.45) is 0 Å². The van der Waals surface area contributed by atoms with Gasteiger partial charge in [-0.25, -0.2) is 0 Å². The van der Waals surface area contributed by atoms with Gasteiger partial charge in [-0.3, -0.25) is 9.59 Å². The Morgan fingerprint density at radius 1 is 1.37 bits per heavy atom. The molecule has 2 rings (SSSR count). The van der Waals surface area contributed by atoms with E-state index in [0.29, 0.717) is 13.0 Å². The van der Waals surface area contributed by atoms with Crippen molar-refractivity contribution < 1.29 is 9.90 Å². The summed E-state index contributed by atoms with van der Waals surface area (Å²) >= 11 is 0. The highest BCUT2D eigenvalue weighted by Gasteiger charge is 2.23. The monoisotopic (exact) mass is 264 g/mol. The van der Waals surface area contributed by atoms with E-state index < -0.39 is 11.5 Å². The van der Waals surface area contributed by atoms with E-state index in [1.54, 1.807) is 0 Å². The number of aryl methyl sites for hydroxylation is 1. The number of fused-ring (bicyclic) bond motifs is 1. The van der Waals surface area contributed by atoms with Gasteiger partial charge in [-0.2, -0.15) is 0 Å². The molecule has 5 heteroatoms. The molecule has 1 heterocycles. The number of hydrogen-bond acceptors (Lipinski definition) is 3. The number of rotatable bonds is 4. The smallest absolute Gasteiger partial charge is 0.264 e. The summed E-state index contributed by atoms with van der Waals surface area (Å²) in [5.41, 5.74) is 0.870. The normalized spacial score (nSPS) is 13.9. The van der Waals surface area contributed by atoms with Gasteiger partial charge in [0.05, 0.1) is 0 Å².